The topological polar surface area (TPSA) is 55.6 Å². The number of hydrogen-bond donors (Lipinski definition) is 1. The molecule has 142 valence electrons. The molecular weight excluding hydrogens is 324 g/mol. The standard InChI is InChI=1S/C22H32N2O2/c1-14(2)20(23)21(25)26-16-8-7-15-12-19-17-6-4-5-9-22(17,18(15)13-16)10-11-24(19)3/h7-8,13-14,17,19-20H,4-6,9-12,23H2,1-3H3/t17-,19?,20?,22+/m1/s1. The quantitative estimate of drug-likeness (QED) is 0.667. The highest BCUT2D eigenvalue weighted by Gasteiger charge is 2.53. The molecule has 4 nitrogen and oxygen atoms in total. The van der Waals surface area contributed by atoms with Gasteiger partial charge in [-0.25, -0.2) is 4.79 Å². The summed E-state index contributed by atoms with van der Waals surface area (Å²) in [5.41, 5.74) is 9.16. The molecule has 2 N–H and O–H groups in total. The number of rotatable bonds is 3. The van der Waals surface area contributed by atoms with Gasteiger partial charge in [0.25, 0.3) is 0 Å². The number of carbonyl (C=O) groups is 1. The number of hydrogen-bond acceptors (Lipinski definition) is 4. The Kier molecular flexibility index (Phi) is 4.60. The van der Waals surface area contributed by atoms with Crippen LogP contribution in [0.1, 0.15) is 57.1 Å². The van der Waals surface area contributed by atoms with Gasteiger partial charge in [-0.3, -0.25) is 0 Å². The van der Waals surface area contributed by atoms with Crippen molar-refractivity contribution in [1.29, 1.82) is 0 Å². The van der Waals surface area contributed by atoms with Gasteiger partial charge in [-0.1, -0.05) is 32.8 Å². The summed E-state index contributed by atoms with van der Waals surface area (Å²) in [5.74, 6) is 1.16. The molecule has 1 aromatic rings. The van der Waals surface area contributed by atoms with Crippen molar-refractivity contribution < 1.29 is 9.53 Å². The predicted octanol–water partition coefficient (Wildman–Crippen LogP) is 3.26. The summed E-state index contributed by atoms with van der Waals surface area (Å²) in [6.07, 6.45) is 7.62. The molecule has 1 saturated carbocycles. The number of piperidine rings is 1. The highest BCUT2D eigenvalue weighted by molar-refractivity contribution is 5.78. The SMILES string of the molecule is CC(C)C(N)C(=O)Oc1ccc2c(c1)[C@]13CCCC[C@@H]1C(C2)N(C)CC3. The number of likely N-dealkylation sites (N-methyl/N-ethyl adjacent to an activating group) is 1. The summed E-state index contributed by atoms with van der Waals surface area (Å²) in [6.45, 7) is 5.06. The number of nitrogens with two attached hydrogens (primary N) is 1. The Labute approximate surface area is 157 Å². The second kappa shape index (κ2) is 6.65. The minimum atomic E-state index is -0.570. The Morgan fingerprint density at radius 2 is 2.12 bits per heavy atom. The minimum Gasteiger partial charge on any atom is -0.425 e. The summed E-state index contributed by atoms with van der Waals surface area (Å²) >= 11 is 0. The number of ether oxygens (including phenoxy) is 1. The van der Waals surface area contributed by atoms with Crippen LogP contribution in [-0.2, 0) is 16.6 Å². The van der Waals surface area contributed by atoms with Crippen molar-refractivity contribution in [3.8, 4) is 5.75 Å². The Hall–Kier alpha value is -1.39. The average molecular weight is 357 g/mol. The molecule has 0 spiro atoms. The Morgan fingerprint density at radius 1 is 1.31 bits per heavy atom. The maximum Gasteiger partial charge on any atom is 0.328 e. The highest BCUT2D eigenvalue weighted by atomic mass is 16.5. The number of esters is 1. The summed E-state index contributed by atoms with van der Waals surface area (Å²) in [7, 11) is 2.29. The molecule has 0 aromatic heterocycles. The normalized spacial score (nSPS) is 31.9. The van der Waals surface area contributed by atoms with Gasteiger partial charge in [0.2, 0.25) is 0 Å². The highest BCUT2D eigenvalue weighted by Crippen LogP contribution is 2.55. The lowest BCUT2D eigenvalue weighted by atomic mass is 9.52. The maximum atomic E-state index is 12.3. The van der Waals surface area contributed by atoms with Crippen molar-refractivity contribution in [3.63, 3.8) is 0 Å². The number of carbonyl (C=O) groups excluding carboxylic acids is 1. The smallest absolute Gasteiger partial charge is 0.328 e. The molecule has 3 aliphatic rings. The van der Waals surface area contributed by atoms with E-state index in [1.54, 1.807) is 0 Å². The molecule has 2 unspecified atom stereocenters. The van der Waals surface area contributed by atoms with E-state index in [1.165, 1.54) is 49.8 Å². The second-order valence-corrected chi connectivity index (χ2v) is 9.02. The zero-order valence-corrected chi connectivity index (χ0v) is 16.3. The van der Waals surface area contributed by atoms with Crippen molar-refractivity contribution in [2.45, 2.75) is 69.9 Å². The lowest BCUT2D eigenvalue weighted by Crippen LogP contribution is -2.59. The molecule has 1 aliphatic heterocycles. The van der Waals surface area contributed by atoms with E-state index < -0.39 is 6.04 Å². The Bertz CT molecular complexity index is 701. The van der Waals surface area contributed by atoms with Crippen molar-refractivity contribution >= 4 is 5.97 Å². The van der Waals surface area contributed by atoms with E-state index in [2.05, 4.69) is 24.1 Å². The van der Waals surface area contributed by atoms with Gasteiger partial charge in [0.05, 0.1) is 0 Å². The van der Waals surface area contributed by atoms with Crippen LogP contribution in [0.5, 0.6) is 5.75 Å². The van der Waals surface area contributed by atoms with E-state index >= 15 is 0 Å². The van der Waals surface area contributed by atoms with Crippen molar-refractivity contribution in [2.24, 2.45) is 17.6 Å². The van der Waals surface area contributed by atoms with Crippen LogP contribution in [0.2, 0.25) is 0 Å². The first-order chi connectivity index (χ1) is 12.4. The Morgan fingerprint density at radius 3 is 2.88 bits per heavy atom. The zero-order valence-electron chi connectivity index (χ0n) is 16.3. The van der Waals surface area contributed by atoms with Crippen LogP contribution in [0.4, 0.5) is 0 Å². The fourth-order valence-corrected chi connectivity index (χ4v) is 5.70. The van der Waals surface area contributed by atoms with E-state index in [-0.39, 0.29) is 17.3 Å². The molecule has 2 bridgehead atoms. The van der Waals surface area contributed by atoms with Crippen LogP contribution in [0.3, 0.4) is 0 Å². The summed E-state index contributed by atoms with van der Waals surface area (Å²) < 4.78 is 5.66. The third-order valence-electron chi connectivity index (χ3n) is 7.29. The van der Waals surface area contributed by atoms with Gasteiger partial charge in [-0.2, -0.15) is 0 Å². The van der Waals surface area contributed by atoms with Crippen molar-refractivity contribution in [3.05, 3.63) is 29.3 Å². The molecule has 1 heterocycles. The van der Waals surface area contributed by atoms with Gasteiger partial charge < -0.3 is 15.4 Å². The molecule has 1 aromatic carbocycles. The van der Waals surface area contributed by atoms with Crippen molar-refractivity contribution in [1.82, 2.24) is 4.90 Å². The fraction of sp³-hybridized carbons (Fsp3) is 0.682. The van der Waals surface area contributed by atoms with Crippen LogP contribution in [0, 0.1) is 11.8 Å². The summed E-state index contributed by atoms with van der Waals surface area (Å²) in [5, 5.41) is 0. The fourth-order valence-electron chi connectivity index (χ4n) is 5.70. The van der Waals surface area contributed by atoms with Gasteiger partial charge in [-0.05, 0) is 74.4 Å². The van der Waals surface area contributed by atoms with Crippen LogP contribution in [-0.4, -0.2) is 36.5 Å². The van der Waals surface area contributed by atoms with Gasteiger partial charge >= 0.3 is 5.97 Å². The van der Waals surface area contributed by atoms with E-state index in [4.69, 9.17) is 10.5 Å². The third kappa shape index (κ3) is 2.78. The Balaban J connectivity index is 1.68. The first-order valence-electron chi connectivity index (χ1n) is 10.2. The molecule has 0 radical (unpaired) electrons. The molecule has 0 amide bonds. The summed E-state index contributed by atoms with van der Waals surface area (Å²) in [6, 6.07) is 6.41. The number of benzene rings is 1. The number of nitrogens with zero attached hydrogens (tertiary/aromatic N) is 1. The largest absolute Gasteiger partial charge is 0.425 e. The average Bonchev–Trinajstić information content (AvgIpc) is 2.64. The van der Waals surface area contributed by atoms with Gasteiger partial charge in [-0.15, -0.1) is 0 Å². The molecule has 2 aliphatic carbocycles. The molecule has 4 rings (SSSR count). The molecule has 4 atom stereocenters. The molecular formula is C22H32N2O2. The lowest BCUT2D eigenvalue weighted by molar-refractivity contribution is -0.136. The third-order valence-corrected chi connectivity index (χ3v) is 7.29. The van der Waals surface area contributed by atoms with E-state index in [0.29, 0.717) is 11.8 Å². The molecule has 1 saturated heterocycles. The monoisotopic (exact) mass is 356 g/mol. The minimum absolute atomic E-state index is 0.0797. The van der Waals surface area contributed by atoms with E-state index in [1.807, 2.05) is 19.9 Å². The van der Waals surface area contributed by atoms with Crippen LogP contribution < -0.4 is 10.5 Å². The van der Waals surface area contributed by atoms with Gasteiger partial charge in [0, 0.05) is 11.5 Å². The molecule has 26 heavy (non-hydrogen) atoms. The van der Waals surface area contributed by atoms with Gasteiger partial charge in [0.15, 0.2) is 0 Å². The predicted molar refractivity (Wildman–Crippen MR) is 103 cm³/mol. The van der Waals surface area contributed by atoms with Crippen LogP contribution in [0.25, 0.3) is 0 Å². The number of fused-ring (bicyclic) bond motifs is 1. The molecule has 2 fully saturated rings. The van der Waals surface area contributed by atoms with Crippen molar-refractivity contribution in [2.75, 3.05) is 13.6 Å². The van der Waals surface area contributed by atoms with E-state index in [0.717, 1.165) is 12.3 Å². The van der Waals surface area contributed by atoms with Crippen LogP contribution >= 0.6 is 0 Å². The summed E-state index contributed by atoms with van der Waals surface area (Å²) in [4.78, 5) is 14.9. The first-order valence-corrected chi connectivity index (χ1v) is 10.2. The second-order valence-electron chi connectivity index (χ2n) is 9.02. The van der Waals surface area contributed by atoms with Crippen LogP contribution in [0.15, 0.2) is 18.2 Å². The van der Waals surface area contributed by atoms with E-state index in [9.17, 15) is 4.79 Å². The molecule has 4 heteroatoms. The zero-order chi connectivity index (χ0) is 18.5. The first kappa shape index (κ1) is 18.0. The number of likely N-dealkylation sites (tertiary alicyclic amines) is 1. The maximum absolute atomic E-state index is 12.3. The lowest BCUT2D eigenvalue weighted by Gasteiger charge is -2.58. The van der Waals surface area contributed by atoms with Gasteiger partial charge in [0.1, 0.15) is 11.8 Å².